The second kappa shape index (κ2) is 4.70. The Morgan fingerprint density at radius 1 is 1.53 bits per heavy atom. The Morgan fingerprint density at radius 3 is 2.80 bits per heavy atom. The first-order valence-electron chi connectivity index (χ1n) is 4.07. The molecule has 1 atom stereocenters. The first kappa shape index (κ1) is 11.4. The second-order valence-corrected chi connectivity index (χ2v) is 2.81. The zero-order chi connectivity index (χ0) is 11.4. The zero-order valence-electron chi connectivity index (χ0n) is 7.61. The van der Waals surface area contributed by atoms with Crippen molar-refractivity contribution in [2.24, 2.45) is 5.73 Å². The van der Waals surface area contributed by atoms with Gasteiger partial charge < -0.3 is 15.6 Å². The summed E-state index contributed by atoms with van der Waals surface area (Å²) in [5.74, 6) is -3.84. The van der Waals surface area contributed by atoms with Gasteiger partial charge in [0.25, 0.3) is 0 Å². The summed E-state index contributed by atoms with van der Waals surface area (Å²) in [5, 5.41) is 8.41. The molecule has 15 heavy (non-hydrogen) atoms. The molecule has 0 aliphatic heterocycles. The lowest BCUT2D eigenvalue weighted by atomic mass is 10.3. The van der Waals surface area contributed by atoms with Gasteiger partial charge in [0.1, 0.15) is 12.6 Å². The molecule has 1 aromatic carbocycles. The molecular formula is C9H9F2NO3. The van der Waals surface area contributed by atoms with Gasteiger partial charge in [-0.3, -0.25) is 4.79 Å². The number of halogens is 2. The summed E-state index contributed by atoms with van der Waals surface area (Å²) in [6.45, 7) is -0.421. The van der Waals surface area contributed by atoms with Crippen molar-refractivity contribution in [2.45, 2.75) is 6.04 Å². The van der Waals surface area contributed by atoms with Crippen LogP contribution in [0.25, 0.3) is 0 Å². The number of aliphatic carboxylic acids is 1. The number of carbonyl (C=O) groups is 1. The fourth-order valence-electron chi connectivity index (χ4n) is 0.846. The van der Waals surface area contributed by atoms with Crippen molar-refractivity contribution in [3.63, 3.8) is 0 Å². The van der Waals surface area contributed by atoms with E-state index >= 15 is 0 Å². The molecule has 0 aliphatic carbocycles. The second-order valence-electron chi connectivity index (χ2n) is 2.81. The van der Waals surface area contributed by atoms with Crippen molar-refractivity contribution in [1.29, 1.82) is 0 Å². The van der Waals surface area contributed by atoms with Gasteiger partial charge in [-0.25, -0.2) is 4.39 Å². The number of hydrogen-bond donors (Lipinski definition) is 2. The molecule has 0 saturated heterocycles. The molecule has 1 rings (SSSR count). The lowest BCUT2D eigenvalue weighted by Crippen LogP contribution is -2.36. The van der Waals surface area contributed by atoms with Gasteiger partial charge in [-0.1, -0.05) is 6.07 Å². The van der Waals surface area contributed by atoms with Gasteiger partial charge in [-0.2, -0.15) is 4.39 Å². The highest BCUT2D eigenvalue weighted by molar-refractivity contribution is 5.73. The molecule has 0 saturated carbocycles. The minimum absolute atomic E-state index is 0.355. The van der Waals surface area contributed by atoms with Crippen molar-refractivity contribution in [3.8, 4) is 5.75 Å². The van der Waals surface area contributed by atoms with Gasteiger partial charge in [0.15, 0.2) is 11.6 Å². The first-order valence-corrected chi connectivity index (χ1v) is 4.07. The summed E-state index contributed by atoms with van der Waals surface area (Å²) in [7, 11) is 0. The van der Waals surface area contributed by atoms with E-state index in [2.05, 4.69) is 0 Å². The number of benzene rings is 1. The van der Waals surface area contributed by atoms with E-state index in [0.717, 1.165) is 6.07 Å². The summed E-state index contributed by atoms with van der Waals surface area (Å²) < 4.78 is 30.3. The van der Waals surface area contributed by atoms with Crippen molar-refractivity contribution in [3.05, 3.63) is 29.8 Å². The maximum atomic E-state index is 13.0. The Hall–Kier alpha value is -1.69. The summed E-state index contributed by atoms with van der Waals surface area (Å²) in [5.41, 5.74) is 5.11. The molecule has 1 unspecified atom stereocenters. The summed E-state index contributed by atoms with van der Waals surface area (Å²) in [6, 6.07) is 2.10. The van der Waals surface area contributed by atoms with Crippen LogP contribution in [0.2, 0.25) is 0 Å². The summed E-state index contributed by atoms with van der Waals surface area (Å²) >= 11 is 0. The molecule has 0 radical (unpaired) electrons. The summed E-state index contributed by atoms with van der Waals surface area (Å²) in [4.78, 5) is 10.3. The van der Waals surface area contributed by atoms with E-state index in [1.165, 1.54) is 12.1 Å². The number of carboxylic acids is 1. The van der Waals surface area contributed by atoms with E-state index in [1.54, 1.807) is 0 Å². The van der Waals surface area contributed by atoms with E-state index in [0.29, 0.717) is 0 Å². The van der Waals surface area contributed by atoms with Crippen LogP contribution in [0.1, 0.15) is 0 Å². The lowest BCUT2D eigenvalue weighted by Gasteiger charge is -2.09. The van der Waals surface area contributed by atoms with Crippen LogP contribution in [0.15, 0.2) is 18.2 Å². The third-order valence-electron chi connectivity index (χ3n) is 1.65. The maximum absolute atomic E-state index is 13.0. The molecule has 3 N–H and O–H groups in total. The van der Waals surface area contributed by atoms with Crippen LogP contribution in [0.3, 0.4) is 0 Å². The van der Waals surface area contributed by atoms with Crippen LogP contribution >= 0.6 is 0 Å². The van der Waals surface area contributed by atoms with E-state index < -0.39 is 30.3 Å². The minimum atomic E-state index is -1.27. The Morgan fingerprint density at radius 2 is 2.20 bits per heavy atom. The number of carboxylic acid groups (broad SMARTS) is 1. The van der Waals surface area contributed by atoms with Crippen molar-refractivity contribution in [1.82, 2.24) is 0 Å². The minimum Gasteiger partial charge on any atom is -0.488 e. The van der Waals surface area contributed by atoms with Crippen molar-refractivity contribution >= 4 is 5.97 Å². The van der Waals surface area contributed by atoms with E-state index in [1.807, 2.05) is 0 Å². The number of rotatable bonds is 4. The van der Waals surface area contributed by atoms with Gasteiger partial charge in [-0.15, -0.1) is 0 Å². The highest BCUT2D eigenvalue weighted by atomic mass is 19.2. The van der Waals surface area contributed by atoms with E-state index in [4.69, 9.17) is 15.6 Å². The molecule has 0 heterocycles. The lowest BCUT2D eigenvalue weighted by molar-refractivity contribution is -0.139. The number of hydrogen-bond acceptors (Lipinski definition) is 3. The van der Waals surface area contributed by atoms with Gasteiger partial charge in [-0.05, 0) is 12.1 Å². The normalized spacial score (nSPS) is 12.2. The Labute approximate surface area is 84.3 Å². The van der Waals surface area contributed by atoms with Crippen LogP contribution in [0, 0.1) is 11.6 Å². The predicted octanol–water partition coefficient (Wildman–Crippen LogP) is 0.756. The molecule has 0 fully saturated rings. The van der Waals surface area contributed by atoms with Gasteiger partial charge in [0, 0.05) is 0 Å². The number of ether oxygens (including phenoxy) is 1. The molecule has 0 aromatic heterocycles. The highest BCUT2D eigenvalue weighted by Crippen LogP contribution is 2.18. The molecule has 1 aromatic rings. The summed E-state index contributed by atoms with van der Waals surface area (Å²) in [6.07, 6.45) is 0. The van der Waals surface area contributed by atoms with Gasteiger partial charge >= 0.3 is 5.97 Å². The van der Waals surface area contributed by atoms with Crippen LogP contribution in [0.4, 0.5) is 8.78 Å². The van der Waals surface area contributed by atoms with Crippen LogP contribution in [0.5, 0.6) is 5.75 Å². The molecular weight excluding hydrogens is 208 g/mol. The predicted molar refractivity (Wildman–Crippen MR) is 47.5 cm³/mol. The quantitative estimate of drug-likeness (QED) is 0.780. The largest absolute Gasteiger partial charge is 0.488 e. The van der Waals surface area contributed by atoms with Gasteiger partial charge in [0.05, 0.1) is 0 Å². The fraction of sp³-hybridized carbons (Fsp3) is 0.222. The van der Waals surface area contributed by atoms with Gasteiger partial charge in [0.2, 0.25) is 5.82 Å². The Bertz CT molecular complexity index is 370. The maximum Gasteiger partial charge on any atom is 0.324 e. The smallest absolute Gasteiger partial charge is 0.324 e. The van der Waals surface area contributed by atoms with E-state index in [9.17, 15) is 13.6 Å². The molecule has 0 aliphatic rings. The van der Waals surface area contributed by atoms with Crippen LogP contribution < -0.4 is 10.5 Å². The average Bonchev–Trinajstić information content (AvgIpc) is 2.19. The Kier molecular flexibility index (Phi) is 3.56. The Balaban J connectivity index is 2.66. The third-order valence-corrected chi connectivity index (χ3v) is 1.65. The highest BCUT2D eigenvalue weighted by Gasteiger charge is 2.14. The molecule has 82 valence electrons. The molecule has 0 bridgehead atoms. The average molecular weight is 217 g/mol. The zero-order valence-corrected chi connectivity index (χ0v) is 7.61. The van der Waals surface area contributed by atoms with Crippen molar-refractivity contribution in [2.75, 3.05) is 6.61 Å². The van der Waals surface area contributed by atoms with Crippen LogP contribution in [-0.4, -0.2) is 23.7 Å². The third kappa shape index (κ3) is 2.88. The number of nitrogens with two attached hydrogens (primary N) is 1. The standard InChI is InChI=1S/C9H9F2NO3/c10-5-2-1-3-7(8(5)11)15-4-6(12)9(13)14/h1-3,6H,4,12H2,(H,13,14). The van der Waals surface area contributed by atoms with Crippen molar-refractivity contribution < 1.29 is 23.4 Å². The first-order chi connectivity index (χ1) is 7.02. The molecule has 6 heteroatoms. The molecule has 0 spiro atoms. The SMILES string of the molecule is NC(COc1cccc(F)c1F)C(=O)O. The monoisotopic (exact) mass is 217 g/mol. The molecule has 4 nitrogen and oxygen atoms in total. The fourth-order valence-corrected chi connectivity index (χ4v) is 0.846. The topological polar surface area (TPSA) is 72.5 Å². The van der Waals surface area contributed by atoms with E-state index in [-0.39, 0.29) is 5.75 Å². The molecule has 0 amide bonds. The van der Waals surface area contributed by atoms with Crippen LogP contribution in [-0.2, 0) is 4.79 Å².